The molecule has 17 heavy (non-hydrogen) atoms. The topological polar surface area (TPSA) is 55.4 Å². The van der Waals surface area contributed by atoms with Gasteiger partial charge in [0, 0.05) is 0 Å². The van der Waals surface area contributed by atoms with Gasteiger partial charge < -0.3 is 10.1 Å². The summed E-state index contributed by atoms with van der Waals surface area (Å²) in [5, 5.41) is 2.51. The molecule has 1 amide bonds. The molecular weight excluding hydrogens is 218 g/mol. The van der Waals surface area contributed by atoms with Crippen LogP contribution in [0.3, 0.4) is 0 Å². The van der Waals surface area contributed by atoms with Crippen molar-refractivity contribution in [3.05, 3.63) is 0 Å². The molecular formula is C13H23NO3. The van der Waals surface area contributed by atoms with Crippen molar-refractivity contribution in [1.82, 2.24) is 5.32 Å². The smallest absolute Gasteiger partial charge is 0.375 e. The maximum Gasteiger partial charge on any atom is 0.415 e. The number of carbonyl (C=O) groups excluding carboxylic acids is 2. The van der Waals surface area contributed by atoms with Gasteiger partial charge >= 0.3 is 12.1 Å². The molecule has 1 aliphatic rings. The summed E-state index contributed by atoms with van der Waals surface area (Å²) in [6.45, 7) is 2.22. The van der Waals surface area contributed by atoms with E-state index in [1.807, 2.05) is 0 Å². The highest BCUT2D eigenvalue weighted by Crippen LogP contribution is 2.13. The number of ether oxygens (including phenoxy) is 1. The number of carbonyl (C=O) groups is 2. The Morgan fingerprint density at radius 3 is 2.12 bits per heavy atom. The number of esters is 1. The summed E-state index contributed by atoms with van der Waals surface area (Å²) < 4.78 is 4.41. The third-order valence-corrected chi connectivity index (χ3v) is 3.12. The molecule has 1 fully saturated rings. The van der Waals surface area contributed by atoms with Crippen LogP contribution in [0.4, 0.5) is 4.79 Å². The largest absolute Gasteiger partial charge is 0.415 e. The average Bonchev–Trinajstić information content (AvgIpc) is 2.61. The number of cyclic esters (lactones) is 2. The maximum absolute atomic E-state index is 11.1. The maximum atomic E-state index is 11.1. The van der Waals surface area contributed by atoms with Crippen LogP contribution >= 0.6 is 0 Å². The molecule has 0 aromatic heterocycles. The molecule has 0 aromatic carbocycles. The van der Waals surface area contributed by atoms with E-state index >= 15 is 0 Å². The molecule has 1 rings (SSSR count). The van der Waals surface area contributed by atoms with Gasteiger partial charge in [0.1, 0.15) is 6.04 Å². The van der Waals surface area contributed by atoms with Gasteiger partial charge in [0.25, 0.3) is 0 Å². The number of nitrogens with one attached hydrogen (secondary N) is 1. The Morgan fingerprint density at radius 2 is 1.59 bits per heavy atom. The summed E-state index contributed by atoms with van der Waals surface area (Å²) in [7, 11) is 0. The van der Waals surface area contributed by atoms with Gasteiger partial charge in [-0.05, 0) is 6.42 Å². The number of hydrogen-bond donors (Lipinski definition) is 1. The van der Waals surface area contributed by atoms with E-state index in [4.69, 9.17) is 0 Å². The Kier molecular flexibility index (Phi) is 6.67. The van der Waals surface area contributed by atoms with E-state index in [1.165, 1.54) is 38.5 Å². The monoisotopic (exact) mass is 241 g/mol. The first kappa shape index (κ1) is 14.0. The van der Waals surface area contributed by atoms with Crippen molar-refractivity contribution in [3.8, 4) is 0 Å². The lowest BCUT2D eigenvalue weighted by Gasteiger charge is -2.05. The van der Waals surface area contributed by atoms with Crippen molar-refractivity contribution < 1.29 is 14.3 Å². The van der Waals surface area contributed by atoms with Crippen LogP contribution < -0.4 is 5.32 Å². The molecule has 0 aliphatic carbocycles. The number of amides is 1. The number of unbranched alkanes of at least 4 members (excludes halogenated alkanes) is 7. The zero-order valence-electron chi connectivity index (χ0n) is 10.7. The molecule has 4 nitrogen and oxygen atoms in total. The number of hydrogen-bond acceptors (Lipinski definition) is 3. The summed E-state index contributed by atoms with van der Waals surface area (Å²) in [5.74, 6) is -0.419. The summed E-state index contributed by atoms with van der Waals surface area (Å²) in [5.41, 5.74) is 0. The van der Waals surface area contributed by atoms with E-state index in [0.29, 0.717) is 6.42 Å². The lowest BCUT2D eigenvalue weighted by atomic mass is 10.1. The lowest BCUT2D eigenvalue weighted by molar-refractivity contribution is -0.135. The molecule has 0 spiro atoms. The second kappa shape index (κ2) is 8.09. The first-order valence-electron chi connectivity index (χ1n) is 6.76. The van der Waals surface area contributed by atoms with E-state index in [-0.39, 0.29) is 0 Å². The summed E-state index contributed by atoms with van der Waals surface area (Å²) in [6.07, 6.45) is 9.99. The van der Waals surface area contributed by atoms with Gasteiger partial charge in [0.05, 0.1) is 0 Å². The molecule has 0 bridgehead atoms. The minimum Gasteiger partial charge on any atom is -0.375 e. The van der Waals surface area contributed by atoms with Crippen LogP contribution in [-0.2, 0) is 9.53 Å². The molecule has 0 aromatic rings. The predicted molar refractivity (Wildman–Crippen MR) is 65.6 cm³/mol. The van der Waals surface area contributed by atoms with Crippen LogP contribution in [0.25, 0.3) is 0 Å². The molecule has 1 saturated heterocycles. The Morgan fingerprint density at radius 1 is 1.00 bits per heavy atom. The zero-order chi connectivity index (χ0) is 12.5. The second-order valence-corrected chi connectivity index (χ2v) is 4.67. The van der Waals surface area contributed by atoms with Gasteiger partial charge in [-0.1, -0.05) is 58.3 Å². The Bertz CT molecular complexity index is 253. The van der Waals surface area contributed by atoms with E-state index in [2.05, 4.69) is 17.0 Å². The minimum absolute atomic E-state index is 0.400. The molecule has 0 radical (unpaired) electrons. The van der Waals surface area contributed by atoms with Crippen molar-refractivity contribution in [2.24, 2.45) is 0 Å². The van der Waals surface area contributed by atoms with Crippen LogP contribution in [0.5, 0.6) is 0 Å². The Balaban J connectivity index is 1.91. The van der Waals surface area contributed by atoms with Crippen LogP contribution in [0, 0.1) is 0 Å². The molecule has 1 aliphatic heterocycles. The number of alkyl carbamates (subject to hydrolysis) is 1. The molecule has 98 valence electrons. The fraction of sp³-hybridized carbons (Fsp3) is 0.846. The van der Waals surface area contributed by atoms with Crippen LogP contribution in [0.15, 0.2) is 0 Å². The molecule has 1 atom stereocenters. The first-order valence-corrected chi connectivity index (χ1v) is 6.76. The van der Waals surface area contributed by atoms with Gasteiger partial charge in [0.2, 0.25) is 0 Å². The predicted octanol–water partition coefficient (Wildman–Crippen LogP) is 3.15. The van der Waals surface area contributed by atoms with Gasteiger partial charge in [-0.2, -0.15) is 0 Å². The highest BCUT2D eigenvalue weighted by molar-refractivity contribution is 5.95. The van der Waals surface area contributed by atoms with Crippen LogP contribution in [0.1, 0.15) is 64.7 Å². The second-order valence-electron chi connectivity index (χ2n) is 4.67. The van der Waals surface area contributed by atoms with Crippen LogP contribution in [-0.4, -0.2) is 18.1 Å². The Hall–Kier alpha value is -1.06. The van der Waals surface area contributed by atoms with Gasteiger partial charge in [-0.15, -0.1) is 0 Å². The summed E-state index contributed by atoms with van der Waals surface area (Å²) in [4.78, 5) is 21.9. The van der Waals surface area contributed by atoms with E-state index in [0.717, 1.165) is 12.8 Å². The fourth-order valence-corrected chi connectivity index (χ4v) is 2.07. The summed E-state index contributed by atoms with van der Waals surface area (Å²) >= 11 is 0. The summed E-state index contributed by atoms with van der Waals surface area (Å²) in [6, 6.07) is -0.400. The van der Waals surface area contributed by atoms with Crippen molar-refractivity contribution in [3.63, 3.8) is 0 Å². The highest BCUT2D eigenvalue weighted by Gasteiger charge is 2.31. The minimum atomic E-state index is -0.598. The normalized spacial score (nSPS) is 19.2. The lowest BCUT2D eigenvalue weighted by Crippen LogP contribution is -2.28. The number of rotatable bonds is 9. The quantitative estimate of drug-likeness (QED) is 0.383. The van der Waals surface area contributed by atoms with Crippen LogP contribution in [0.2, 0.25) is 0 Å². The van der Waals surface area contributed by atoms with Gasteiger partial charge in [-0.25, -0.2) is 9.59 Å². The van der Waals surface area contributed by atoms with Crippen molar-refractivity contribution in [2.45, 2.75) is 70.8 Å². The first-order chi connectivity index (χ1) is 8.24. The van der Waals surface area contributed by atoms with E-state index < -0.39 is 18.1 Å². The molecule has 1 unspecified atom stereocenters. The zero-order valence-corrected chi connectivity index (χ0v) is 10.7. The van der Waals surface area contributed by atoms with E-state index in [1.54, 1.807) is 0 Å². The van der Waals surface area contributed by atoms with E-state index in [9.17, 15) is 9.59 Å². The van der Waals surface area contributed by atoms with Crippen molar-refractivity contribution in [2.75, 3.05) is 0 Å². The van der Waals surface area contributed by atoms with Crippen molar-refractivity contribution >= 4 is 12.1 Å². The standard InChI is InChI=1S/C13H23NO3/c1-2-3-4-5-6-7-8-9-10-11-12(15)17-13(16)14-11/h11H,2-10H2,1H3,(H,14,16). The average molecular weight is 241 g/mol. The fourth-order valence-electron chi connectivity index (χ4n) is 2.07. The van der Waals surface area contributed by atoms with Gasteiger partial charge in [-0.3, -0.25) is 0 Å². The third-order valence-electron chi connectivity index (χ3n) is 3.12. The molecule has 0 saturated carbocycles. The third kappa shape index (κ3) is 5.71. The van der Waals surface area contributed by atoms with Gasteiger partial charge in [0.15, 0.2) is 0 Å². The molecule has 1 N–H and O–H groups in total. The molecule has 4 heteroatoms. The van der Waals surface area contributed by atoms with Crippen molar-refractivity contribution in [1.29, 1.82) is 0 Å². The SMILES string of the molecule is CCCCCCCCCCC1NC(=O)OC1=O. The molecule has 1 heterocycles. The Labute approximate surface area is 103 Å². The highest BCUT2D eigenvalue weighted by atomic mass is 16.6.